The van der Waals surface area contributed by atoms with Gasteiger partial charge in [0.15, 0.2) is 0 Å². The number of pyridine rings is 1. The van der Waals surface area contributed by atoms with E-state index in [-0.39, 0.29) is 5.91 Å². The van der Waals surface area contributed by atoms with Crippen molar-refractivity contribution in [1.82, 2.24) is 10.3 Å². The molecule has 2 aromatic rings. The largest absolute Gasteiger partial charge is 0.356 e. The SMILES string of the molecule is O=C(CCc1ccccn1)NCCc1cc(F)cc(F)c1. The van der Waals surface area contributed by atoms with Crippen LogP contribution in [0.4, 0.5) is 8.78 Å². The number of carbonyl (C=O) groups excluding carboxylic acids is 1. The Morgan fingerprint density at radius 2 is 1.86 bits per heavy atom. The average Bonchev–Trinajstić information content (AvgIpc) is 2.45. The van der Waals surface area contributed by atoms with Crippen LogP contribution in [0, 0.1) is 11.6 Å². The van der Waals surface area contributed by atoms with Gasteiger partial charge in [0.05, 0.1) is 0 Å². The molecule has 0 unspecified atom stereocenters. The number of halogens is 2. The molecule has 0 saturated carbocycles. The molecular weight excluding hydrogens is 274 g/mol. The third-order valence-electron chi connectivity index (χ3n) is 2.99. The summed E-state index contributed by atoms with van der Waals surface area (Å²) in [6, 6.07) is 8.92. The number of benzene rings is 1. The van der Waals surface area contributed by atoms with Crippen LogP contribution in [0.3, 0.4) is 0 Å². The Labute approximate surface area is 122 Å². The van der Waals surface area contributed by atoms with Crippen molar-refractivity contribution in [1.29, 1.82) is 0 Å². The van der Waals surface area contributed by atoms with Crippen LogP contribution >= 0.6 is 0 Å². The monoisotopic (exact) mass is 290 g/mol. The van der Waals surface area contributed by atoms with Gasteiger partial charge in [0.2, 0.25) is 5.91 Å². The molecule has 0 aliphatic heterocycles. The van der Waals surface area contributed by atoms with Crippen LogP contribution in [0.2, 0.25) is 0 Å². The Bertz CT molecular complexity index is 582. The molecule has 3 nitrogen and oxygen atoms in total. The maximum atomic E-state index is 13.0. The Morgan fingerprint density at radius 1 is 1.10 bits per heavy atom. The molecule has 1 amide bonds. The topological polar surface area (TPSA) is 42.0 Å². The zero-order chi connectivity index (χ0) is 15.1. The van der Waals surface area contributed by atoms with Crippen LogP contribution in [0.25, 0.3) is 0 Å². The normalized spacial score (nSPS) is 10.4. The molecule has 0 radical (unpaired) electrons. The van der Waals surface area contributed by atoms with E-state index in [1.165, 1.54) is 12.1 Å². The van der Waals surface area contributed by atoms with Crippen LogP contribution in [0.1, 0.15) is 17.7 Å². The zero-order valence-electron chi connectivity index (χ0n) is 11.5. The van der Waals surface area contributed by atoms with Crippen LogP contribution < -0.4 is 5.32 Å². The summed E-state index contributed by atoms with van der Waals surface area (Å²) in [5.74, 6) is -1.31. The van der Waals surface area contributed by atoms with Crippen molar-refractivity contribution in [3.05, 3.63) is 65.5 Å². The lowest BCUT2D eigenvalue weighted by Crippen LogP contribution is -2.26. The van der Waals surface area contributed by atoms with Gasteiger partial charge in [-0.05, 0) is 42.7 Å². The highest BCUT2D eigenvalue weighted by Crippen LogP contribution is 2.08. The van der Waals surface area contributed by atoms with Crippen molar-refractivity contribution in [3.8, 4) is 0 Å². The number of hydrogen-bond acceptors (Lipinski definition) is 2. The van der Waals surface area contributed by atoms with E-state index < -0.39 is 11.6 Å². The Hall–Kier alpha value is -2.30. The highest BCUT2D eigenvalue weighted by atomic mass is 19.1. The van der Waals surface area contributed by atoms with Gasteiger partial charge >= 0.3 is 0 Å². The highest BCUT2D eigenvalue weighted by Gasteiger charge is 2.04. The predicted molar refractivity (Wildman–Crippen MR) is 75.6 cm³/mol. The summed E-state index contributed by atoms with van der Waals surface area (Å²) in [7, 11) is 0. The van der Waals surface area contributed by atoms with Gasteiger partial charge in [0.25, 0.3) is 0 Å². The van der Waals surface area contributed by atoms with Gasteiger partial charge in [-0.3, -0.25) is 9.78 Å². The molecule has 0 bridgehead atoms. The molecule has 0 fully saturated rings. The number of carbonyl (C=O) groups is 1. The number of aromatic nitrogens is 1. The van der Waals surface area contributed by atoms with Gasteiger partial charge in [-0.1, -0.05) is 6.07 Å². The number of nitrogens with one attached hydrogen (secondary N) is 1. The second kappa shape index (κ2) is 7.47. The van der Waals surface area contributed by atoms with Crippen molar-refractivity contribution in [3.63, 3.8) is 0 Å². The highest BCUT2D eigenvalue weighted by molar-refractivity contribution is 5.76. The van der Waals surface area contributed by atoms with Gasteiger partial charge in [-0.2, -0.15) is 0 Å². The molecule has 0 aliphatic rings. The maximum Gasteiger partial charge on any atom is 0.220 e. The smallest absolute Gasteiger partial charge is 0.220 e. The Kier molecular flexibility index (Phi) is 5.37. The van der Waals surface area contributed by atoms with Crippen molar-refractivity contribution in [2.75, 3.05) is 6.54 Å². The summed E-state index contributed by atoms with van der Waals surface area (Å²) < 4.78 is 26.0. The van der Waals surface area contributed by atoms with Crippen LogP contribution in [-0.4, -0.2) is 17.4 Å². The van der Waals surface area contributed by atoms with E-state index in [1.54, 1.807) is 6.20 Å². The minimum Gasteiger partial charge on any atom is -0.356 e. The maximum absolute atomic E-state index is 13.0. The number of amides is 1. The second-order valence-corrected chi connectivity index (χ2v) is 4.70. The minimum atomic E-state index is -0.605. The van der Waals surface area contributed by atoms with Gasteiger partial charge < -0.3 is 5.32 Å². The van der Waals surface area contributed by atoms with E-state index in [4.69, 9.17) is 0 Å². The summed E-state index contributed by atoms with van der Waals surface area (Å²) in [6.07, 6.45) is 2.99. The standard InChI is InChI=1S/C16H16F2N2O/c17-13-9-12(10-14(18)11-13)6-8-20-16(21)5-4-15-3-1-2-7-19-15/h1-3,7,9-11H,4-6,8H2,(H,20,21). The lowest BCUT2D eigenvalue weighted by atomic mass is 10.1. The van der Waals surface area contributed by atoms with E-state index in [0.717, 1.165) is 11.8 Å². The first-order valence-corrected chi connectivity index (χ1v) is 6.75. The fraction of sp³-hybridized carbons (Fsp3) is 0.250. The predicted octanol–water partition coefficient (Wildman–Crippen LogP) is 2.65. The van der Waals surface area contributed by atoms with Crippen molar-refractivity contribution in [2.45, 2.75) is 19.3 Å². The number of hydrogen-bond donors (Lipinski definition) is 1. The molecule has 1 N–H and O–H groups in total. The molecule has 110 valence electrons. The minimum absolute atomic E-state index is 0.0995. The second-order valence-electron chi connectivity index (χ2n) is 4.70. The molecule has 1 heterocycles. The summed E-state index contributed by atoms with van der Waals surface area (Å²) >= 11 is 0. The summed E-state index contributed by atoms with van der Waals surface area (Å²) in [5.41, 5.74) is 1.39. The third-order valence-corrected chi connectivity index (χ3v) is 2.99. The first-order valence-electron chi connectivity index (χ1n) is 6.75. The lowest BCUT2D eigenvalue weighted by Gasteiger charge is -2.06. The molecule has 1 aromatic heterocycles. The quantitative estimate of drug-likeness (QED) is 0.888. The summed E-state index contributed by atoms with van der Waals surface area (Å²) in [4.78, 5) is 15.8. The van der Waals surface area contributed by atoms with Crippen molar-refractivity contribution in [2.24, 2.45) is 0 Å². The fourth-order valence-electron chi connectivity index (χ4n) is 1.98. The molecule has 0 spiro atoms. The molecule has 0 saturated heterocycles. The van der Waals surface area contributed by atoms with Gasteiger partial charge in [0, 0.05) is 30.9 Å². The first-order chi connectivity index (χ1) is 10.1. The fourth-order valence-corrected chi connectivity index (χ4v) is 1.98. The van der Waals surface area contributed by atoms with E-state index in [9.17, 15) is 13.6 Å². The van der Waals surface area contributed by atoms with E-state index in [1.807, 2.05) is 18.2 Å². The summed E-state index contributed by atoms with van der Waals surface area (Å²) in [6.45, 7) is 0.351. The Balaban J connectivity index is 1.72. The number of nitrogens with zero attached hydrogens (tertiary/aromatic N) is 1. The third kappa shape index (κ3) is 5.30. The first kappa shape index (κ1) is 15.1. The zero-order valence-corrected chi connectivity index (χ0v) is 11.5. The molecule has 0 atom stereocenters. The van der Waals surface area contributed by atoms with E-state index in [0.29, 0.717) is 31.4 Å². The van der Waals surface area contributed by atoms with Gasteiger partial charge in [-0.15, -0.1) is 0 Å². The molecule has 21 heavy (non-hydrogen) atoms. The molecular formula is C16H16F2N2O. The summed E-state index contributed by atoms with van der Waals surface area (Å²) in [5, 5.41) is 2.73. The number of aryl methyl sites for hydroxylation is 1. The molecule has 0 aliphatic carbocycles. The van der Waals surface area contributed by atoms with Crippen LogP contribution in [0.5, 0.6) is 0 Å². The van der Waals surface area contributed by atoms with Gasteiger partial charge in [-0.25, -0.2) is 8.78 Å². The van der Waals surface area contributed by atoms with E-state index >= 15 is 0 Å². The van der Waals surface area contributed by atoms with Crippen molar-refractivity contribution < 1.29 is 13.6 Å². The Morgan fingerprint density at radius 3 is 2.52 bits per heavy atom. The van der Waals surface area contributed by atoms with Crippen molar-refractivity contribution >= 4 is 5.91 Å². The number of rotatable bonds is 6. The van der Waals surface area contributed by atoms with E-state index in [2.05, 4.69) is 10.3 Å². The van der Waals surface area contributed by atoms with Crippen LogP contribution in [-0.2, 0) is 17.6 Å². The molecule has 2 rings (SSSR count). The average molecular weight is 290 g/mol. The molecule has 5 heteroatoms. The molecule has 1 aromatic carbocycles. The van der Waals surface area contributed by atoms with Gasteiger partial charge in [0.1, 0.15) is 11.6 Å². The lowest BCUT2D eigenvalue weighted by molar-refractivity contribution is -0.121. The van der Waals surface area contributed by atoms with Crippen LogP contribution in [0.15, 0.2) is 42.6 Å².